The van der Waals surface area contributed by atoms with Crippen LogP contribution in [0.4, 0.5) is 5.69 Å². The number of alkyl halides is 2. The molecule has 5 nitrogen and oxygen atoms in total. The molecule has 3 rings (SSSR count). The molecule has 0 radical (unpaired) electrons. The summed E-state index contributed by atoms with van der Waals surface area (Å²) in [5.74, 6) is 1.11. The number of nitrogens with zero attached hydrogens (tertiary/aromatic N) is 3. The number of fused-ring (bicyclic) bond motifs is 1. The molecule has 0 saturated carbocycles. The molecule has 0 spiro atoms. The molecule has 7 heteroatoms. The Hall–Kier alpha value is -2.37. The van der Waals surface area contributed by atoms with Crippen molar-refractivity contribution in [3.8, 4) is 0 Å². The summed E-state index contributed by atoms with van der Waals surface area (Å²) in [7, 11) is 0. The zero-order valence-electron chi connectivity index (χ0n) is 14.8. The van der Waals surface area contributed by atoms with Crippen LogP contribution in [0.25, 0.3) is 0 Å². The van der Waals surface area contributed by atoms with E-state index in [4.69, 9.17) is 23.2 Å². The van der Waals surface area contributed by atoms with Crippen molar-refractivity contribution >= 4 is 35.1 Å². The van der Waals surface area contributed by atoms with Gasteiger partial charge in [-0.05, 0) is 29.8 Å². The van der Waals surface area contributed by atoms with Crippen molar-refractivity contribution in [3.05, 3.63) is 82.6 Å². The van der Waals surface area contributed by atoms with E-state index < -0.39 is 0 Å². The van der Waals surface area contributed by atoms with Gasteiger partial charge >= 0.3 is 0 Å². The summed E-state index contributed by atoms with van der Waals surface area (Å²) in [6.45, 7) is 1.51. The van der Waals surface area contributed by atoms with Gasteiger partial charge in [-0.3, -0.25) is 5.43 Å². The Morgan fingerprint density at radius 2 is 1.85 bits per heavy atom. The summed E-state index contributed by atoms with van der Waals surface area (Å²) >= 11 is 11.7. The number of hydrogen-bond acceptors (Lipinski definition) is 4. The highest BCUT2D eigenvalue weighted by atomic mass is 35.5. The first-order valence-electron chi connectivity index (χ1n) is 8.71. The molecule has 1 atom stereocenters. The van der Waals surface area contributed by atoms with Crippen LogP contribution in [0.15, 0.2) is 77.2 Å². The maximum Gasteiger partial charge on any atom is 0.253 e. The average Bonchev–Trinajstić information content (AvgIpc) is 2.70. The summed E-state index contributed by atoms with van der Waals surface area (Å²) in [4.78, 5) is 14.0. The Morgan fingerprint density at radius 3 is 2.56 bits per heavy atom. The fraction of sp³-hybridized carbons (Fsp3) is 0.250. The summed E-state index contributed by atoms with van der Waals surface area (Å²) in [5.41, 5.74) is 6.80. The number of benzene rings is 1. The van der Waals surface area contributed by atoms with Gasteiger partial charge in [-0.2, -0.15) is 5.10 Å². The number of anilines is 1. The first kappa shape index (κ1) is 19.4. The summed E-state index contributed by atoms with van der Waals surface area (Å²) in [6.07, 6.45) is 12.6. The van der Waals surface area contributed by atoms with Crippen molar-refractivity contribution in [2.45, 2.75) is 6.04 Å². The predicted octanol–water partition coefficient (Wildman–Crippen LogP) is 3.95. The van der Waals surface area contributed by atoms with Crippen LogP contribution in [-0.4, -0.2) is 41.9 Å². The SMILES string of the molecule is O=[N+]1C=CC(N/N=C/c2ccc(N(CCCl)CCCl)cc2)=C2C=CC=CC21. The van der Waals surface area contributed by atoms with E-state index >= 15 is 0 Å². The molecule has 1 N–H and O–H groups in total. The Morgan fingerprint density at radius 1 is 1.11 bits per heavy atom. The highest BCUT2D eigenvalue weighted by Gasteiger charge is 2.30. The van der Waals surface area contributed by atoms with Crippen molar-refractivity contribution in [1.29, 1.82) is 0 Å². The Balaban J connectivity index is 1.66. The number of rotatable bonds is 8. The molecule has 140 valence electrons. The number of hydrogen-bond donors (Lipinski definition) is 1. The first-order chi connectivity index (χ1) is 13.2. The van der Waals surface area contributed by atoms with E-state index in [0.717, 1.165) is 40.4 Å². The molecule has 1 aliphatic heterocycles. The highest BCUT2D eigenvalue weighted by molar-refractivity contribution is 6.18. The summed E-state index contributed by atoms with van der Waals surface area (Å²) < 4.78 is 0.927. The number of nitrogens with one attached hydrogen (secondary N) is 1. The van der Waals surface area contributed by atoms with Crippen molar-refractivity contribution < 1.29 is 4.76 Å². The maximum absolute atomic E-state index is 11.9. The van der Waals surface area contributed by atoms with Gasteiger partial charge in [0.05, 0.1) is 17.5 Å². The van der Waals surface area contributed by atoms with E-state index in [1.807, 2.05) is 48.6 Å². The van der Waals surface area contributed by atoms with E-state index in [0.29, 0.717) is 11.8 Å². The predicted molar refractivity (Wildman–Crippen MR) is 113 cm³/mol. The lowest BCUT2D eigenvalue weighted by Crippen LogP contribution is -2.27. The van der Waals surface area contributed by atoms with E-state index in [9.17, 15) is 4.91 Å². The van der Waals surface area contributed by atoms with Crippen molar-refractivity contribution in [3.63, 3.8) is 0 Å². The largest absolute Gasteiger partial charge is 0.369 e. The van der Waals surface area contributed by atoms with Crippen LogP contribution >= 0.6 is 23.2 Å². The second-order valence-corrected chi connectivity index (χ2v) is 6.82. The fourth-order valence-electron chi connectivity index (χ4n) is 2.96. The number of hydrazone groups is 1. The molecule has 2 aliphatic rings. The van der Waals surface area contributed by atoms with Crippen LogP contribution in [0.2, 0.25) is 0 Å². The second-order valence-electron chi connectivity index (χ2n) is 6.06. The van der Waals surface area contributed by atoms with Crippen LogP contribution in [0.1, 0.15) is 5.56 Å². The topological polar surface area (TPSA) is 47.7 Å². The van der Waals surface area contributed by atoms with Crippen molar-refractivity contribution in [2.75, 3.05) is 29.7 Å². The van der Waals surface area contributed by atoms with Gasteiger partial charge in [0.1, 0.15) is 0 Å². The second kappa shape index (κ2) is 9.53. The minimum atomic E-state index is -0.299. The molecule has 0 bridgehead atoms. The summed E-state index contributed by atoms with van der Waals surface area (Å²) in [6, 6.07) is 7.75. The van der Waals surface area contributed by atoms with Gasteiger partial charge in [0.2, 0.25) is 6.20 Å². The standard InChI is InChI=1S/C20H21Cl2N4O/c21-10-13-25(14-11-22)17-7-5-16(6-8-17)15-23-24-19-9-12-26(27)20-4-2-1-3-18(19)20/h1-9,12,15,20,24H,10-11,13-14H2/q+1/b23-15+. The highest BCUT2D eigenvalue weighted by Crippen LogP contribution is 2.22. The molecule has 1 aromatic rings. The van der Waals surface area contributed by atoms with Gasteiger partial charge in [-0.15, -0.1) is 23.2 Å². The van der Waals surface area contributed by atoms with Gasteiger partial charge in [0.15, 0.2) is 0 Å². The van der Waals surface area contributed by atoms with Gasteiger partial charge in [0, 0.05) is 46.3 Å². The van der Waals surface area contributed by atoms with Crippen LogP contribution in [0, 0.1) is 4.91 Å². The molecule has 0 aromatic heterocycles. The van der Waals surface area contributed by atoms with Crippen LogP contribution in [-0.2, 0) is 0 Å². The number of allylic oxidation sites excluding steroid dienone is 3. The van der Waals surface area contributed by atoms with Gasteiger partial charge < -0.3 is 4.90 Å². The molecule has 0 amide bonds. The number of halogens is 2. The Labute approximate surface area is 168 Å². The Bertz CT molecular complexity index is 819. The first-order valence-corrected chi connectivity index (χ1v) is 9.78. The molecule has 1 heterocycles. The molecule has 0 saturated heterocycles. The smallest absolute Gasteiger partial charge is 0.253 e. The van der Waals surface area contributed by atoms with Gasteiger partial charge in [-0.25, -0.2) is 0 Å². The van der Waals surface area contributed by atoms with Gasteiger partial charge in [0.25, 0.3) is 6.04 Å². The molecule has 1 unspecified atom stereocenters. The number of nitroso groups, excluding NO2 is 1. The maximum atomic E-state index is 11.9. The van der Waals surface area contributed by atoms with E-state index in [1.165, 1.54) is 6.20 Å². The minimum absolute atomic E-state index is 0.299. The zero-order valence-corrected chi connectivity index (χ0v) is 16.3. The molecule has 1 aromatic carbocycles. The molecular formula is C20H21Cl2N4O+. The Kier molecular flexibility index (Phi) is 6.85. The van der Waals surface area contributed by atoms with E-state index in [-0.39, 0.29) is 6.04 Å². The van der Waals surface area contributed by atoms with Crippen molar-refractivity contribution in [1.82, 2.24) is 5.43 Å². The quantitative estimate of drug-likeness (QED) is 0.309. The molecule has 0 fully saturated rings. The molecule has 1 aliphatic carbocycles. The van der Waals surface area contributed by atoms with Crippen molar-refractivity contribution in [2.24, 2.45) is 5.10 Å². The third-order valence-electron chi connectivity index (χ3n) is 4.34. The lowest BCUT2D eigenvalue weighted by molar-refractivity contribution is -0.499. The normalized spacial score (nSPS) is 18.3. The lowest BCUT2D eigenvalue weighted by atomic mass is 9.98. The molecular weight excluding hydrogens is 383 g/mol. The third kappa shape index (κ3) is 4.87. The van der Waals surface area contributed by atoms with Gasteiger partial charge in [-0.1, -0.05) is 24.3 Å². The monoisotopic (exact) mass is 403 g/mol. The summed E-state index contributed by atoms with van der Waals surface area (Å²) in [5, 5.41) is 4.31. The lowest BCUT2D eigenvalue weighted by Gasteiger charge is -2.22. The fourth-order valence-corrected chi connectivity index (χ4v) is 3.37. The van der Waals surface area contributed by atoms with E-state index in [1.54, 1.807) is 12.3 Å². The van der Waals surface area contributed by atoms with E-state index in [2.05, 4.69) is 15.4 Å². The van der Waals surface area contributed by atoms with Crippen LogP contribution < -0.4 is 10.3 Å². The molecule has 27 heavy (non-hydrogen) atoms. The van der Waals surface area contributed by atoms with Crippen LogP contribution in [0.3, 0.4) is 0 Å². The van der Waals surface area contributed by atoms with Crippen LogP contribution in [0.5, 0.6) is 0 Å². The average molecular weight is 404 g/mol. The zero-order chi connectivity index (χ0) is 19.1. The minimum Gasteiger partial charge on any atom is -0.369 e. The third-order valence-corrected chi connectivity index (χ3v) is 4.68.